The number of nitrogens with zero attached hydrogens (tertiary/aromatic N) is 1. The maximum Gasteiger partial charge on any atom is 0.410 e. The first kappa shape index (κ1) is 6.91. The van der Waals surface area contributed by atoms with E-state index in [0.29, 0.717) is 0 Å². The average Bonchev–Trinajstić information content (AvgIpc) is 2.46. The Labute approximate surface area is 65.5 Å². The van der Waals surface area contributed by atoms with E-state index in [1.807, 2.05) is 0 Å². The van der Waals surface area contributed by atoms with Gasteiger partial charge in [-0.2, -0.15) is 0 Å². The van der Waals surface area contributed by atoms with Crippen LogP contribution in [0.1, 0.15) is 6.42 Å². The van der Waals surface area contributed by atoms with Crippen LogP contribution in [-0.2, 0) is 4.74 Å². The number of carbonyl (C=O) groups excluding carboxylic acids is 1. The molecule has 0 saturated carbocycles. The normalized spacial score (nSPS) is 36.8. The molecule has 2 aliphatic rings. The van der Waals surface area contributed by atoms with Gasteiger partial charge < -0.3 is 15.0 Å². The molecule has 0 radical (unpaired) electrons. The lowest BCUT2D eigenvalue weighted by Crippen LogP contribution is -2.35. The zero-order valence-corrected chi connectivity index (χ0v) is 6.59. The third-order valence-corrected chi connectivity index (χ3v) is 2.35. The summed E-state index contributed by atoms with van der Waals surface area (Å²) in [5.41, 5.74) is -0.203. The number of hydrogen-bond acceptors (Lipinski definition) is 3. The Morgan fingerprint density at radius 2 is 2.55 bits per heavy atom. The van der Waals surface area contributed by atoms with Gasteiger partial charge in [-0.3, -0.25) is 0 Å². The van der Waals surface area contributed by atoms with Crippen molar-refractivity contribution >= 4 is 6.09 Å². The smallest absolute Gasteiger partial charge is 0.410 e. The van der Waals surface area contributed by atoms with Crippen LogP contribution >= 0.6 is 0 Å². The number of hydrogen-bond donors (Lipinski definition) is 1. The summed E-state index contributed by atoms with van der Waals surface area (Å²) < 4.78 is 5.25. The maximum absolute atomic E-state index is 11.0. The Hall–Kier alpha value is -0.770. The lowest BCUT2D eigenvalue weighted by Gasteiger charge is -2.17. The molecule has 2 fully saturated rings. The summed E-state index contributed by atoms with van der Waals surface area (Å²) in [6, 6.07) is 0. The van der Waals surface area contributed by atoms with E-state index in [0.717, 1.165) is 26.1 Å². The van der Waals surface area contributed by atoms with Crippen LogP contribution in [0.25, 0.3) is 0 Å². The van der Waals surface area contributed by atoms with Crippen LogP contribution in [0.4, 0.5) is 4.79 Å². The summed E-state index contributed by atoms with van der Waals surface area (Å²) in [5.74, 6) is 0. The summed E-state index contributed by atoms with van der Waals surface area (Å²) in [5, 5.41) is 3.19. The molecular weight excluding hydrogens is 144 g/mol. The van der Waals surface area contributed by atoms with Gasteiger partial charge in [0.05, 0.1) is 6.54 Å². The molecule has 0 aliphatic carbocycles. The predicted molar refractivity (Wildman–Crippen MR) is 39.3 cm³/mol. The molecule has 1 atom stereocenters. The number of amides is 1. The summed E-state index contributed by atoms with van der Waals surface area (Å²) >= 11 is 0. The molecule has 1 amide bonds. The van der Waals surface area contributed by atoms with E-state index in [4.69, 9.17) is 4.74 Å². The Morgan fingerprint density at radius 1 is 1.73 bits per heavy atom. The van der Waals surface area contributed by atoms with Crippen molar-refractivity contribution in [3.05, 3.63) is 0 Å². The highest BCUT2D eigenvalue weighted by Crippen LogP contribution is 2.27. The second kappa shape index (κ2) is 2.11. The van der Waals surface area contributed by atoms with E-state index >= 15 is 0 Å². The van der Waals surface area contributed by atoms with E-state index in [9.17, 15) is 4.79 Å². The molecule has 2 rings (SSSR count). The second-order valence-electron chi connectivity index (χ2n) is 3.33. The molecule has 2 heterocycles. The first-order chi connectivity index (χ1) is 5.22. The molecule has 62 valence electrons. The van der Waals surface area contributed by atoms with E-state index in [2.05, 4.69) is 5.32 Å². The highest BCUT2D eigenvalue weighted by atomic mass is 16.6. The Kier molecular flexibility index (Phi) is 1.32. The minimum Gasteiger partial charge on any atom is -0.439 e. The highest BCUT2D eigenvalue weighted by molar-refractivity contribution is 5.70. The van der Waals surface area contributed by atoms with Gasteiger partial charge >= 0.3 is 6.09 Å². The molecule has 1 N–H and O–H groups in total. The number of rotatable bonds is 0. The molecule has 1 unspecified atom stereocenters. The zero-order chi connectivity index (χ0) is 7.90. The van der Waals surface area contributed by atoms with Gasteiger partial charge in [0, 0.05) is 20.0 Å². The zero-order valence-electron chi connectivity index (χ0n) is 6.59. The third kappa shape index (κ3) is 0.976. The van der Waals surface area contributed by atoms with Gasteiger partial charge in [-0.05, 0) is 6.54 Å². The second-order valence-corrected chi connectivity index (χ2v) is 3.33. The molecule has 2 saturated heterocycles. The van der Waals surface area contributed by atoms with Crippen LogP contribution in [-0.4, -0.2) is 43.3 Å². The third-order valence-electron chi connectivity index (χ3n) is 2.35. The molecular formula is C7H12N2O2. The molecule has 4 nitrogen and oxygen atoms in total. The molecule has 11 heavy (non-hydrogen) atoms. The van der Waals surface area contributed by atoms with Gasteiger partial charge in [0.2, 0.25) is 0 Å². The van der Waals surface area contributed by atoms with E-state index in [1.165, 1.54) is 0 Å². The number of nitrogens with one attached hydrogen (secondary N) is 1. The maximum atomic E-state index is 11.0. The number of likely N-dealkylation sites (N-methyl/N-ethyl adjacent to an activating group) is 1. The van der Waals surface area contributed by atoms with E-state index in [-0.39, 0.29) is 11.7 Å². The van der Waals surface area contributed by atoms with Crippen molar-refractivity contribution in [2.45, 2.75) is 12.0 Å². The number of ether oxygens (including phenoxy) is 1. The van der Waals surface area contributed by atoms with Gasteiger partial charge in [0.25, 0.3) is 0 Å². The summed E-state index contributed by atoms with van der Waals surface area (Å²) in [4.78, 5) is 12.6. The van der Waals surface area contributed by atoms with Gasteiger partial charge in [0.1, 0.15) is 5.60 Å². The molecule has 0 aromatic heterocycles. The van der Waals surface area contributed by atoms with Gasteiger partial charge in [-0.15, -0.1) is 0 Å². The summed E-state index contributed by atoms with van der Waals surface area (Å²) in [6.07, 6.45) is 0.761. The van der Waals surface area contributed by atoms with Crippen LogP contribution in [0.15, 0.2) is 0 Å². The van der Waals surface area contributed by atoms with Crippen molar-refractivity contribution < 1.29 is 9.53 Å². The first-order valence-corrected chi connectivity index (χ1v) is 3.87. The predicted octanol–water partition coefficient (Wildman–Crippen LogP) is -0.199. The average molecular weight is 156 g/mol. The summed E-state index contributed by atoms with van der Waals surface area (Å²) in [6.45, 7) is 2.50. The standard InChI is InChI=1S/C7H12N2O2/c1-9-5-7(11-6(9)10)2-3-8-4-7/h8H,2-5H2,1H3. The van der Waals surface area contributed by atoms with Gasteiger partial charge in [-0.25, -0.2) is 4.79 Å². The van der Waals surface area contributed by atoms with Crippen molar-refractivity contribution in [1.29, 1.82) is 0 Å². The molecule has 0 bridgehead atoms. The lowest BCUT2D eigenvalue weighted by molar-refractivity contribution is 0.0728. The highest BCUT2D eigenvalue weighted by Gasteiger charge is 2.45. The fourth-order valence-electron chi connectivity index (χ4n) is 1.74. The topological polar surface area (TPSA) is 41.6 Å². The quantitative estimate of drug-likeness (QED) is 0.528. The molecule has 0 aromatic carbocycles. The molecule has 4 heteroatoms. The van der Waals surface area contributed by atoms with Gasteiger partial charge in [-0.1, -0.05) is 0 Å². The van der Waals surface area contributed by atoms with Crippen LogP contribution < -0.4 is 5.32 Å². The fourth-order valence-corrected chi connectivity index (χ4v) is 1.74. The van der Waals surface area contributed by atoms with Crippen molar-refractivity contribution in [1.82, 2.24) is 10.2 Å². The van der Waals surface area contributed by atoms with Crippen LogP contribution in [0, 0.1) is 0 Å². The van der Waals surface area contributed by atoms with Crippen molar-refractivity contribution in [2.24, 2.45) is 0 Å². The Balaban J connectivity index is 2.12. The Bertz CT molecular complexity index is 187. The summed E-state index contributed by atoms with van der Waals surface area (Å²) in [7, 11) is 1.77. The Morgan fingerprint density at radius 3 is 3.00 bits per heavy atom. The van der Waals surface area contributed by atoms with Crippen LogP contribution in [0.5, 0.6) is 0 Å². The van der Waals surface area contributed by atoms with Crippen LogP contribution in [0.3, 0.4) is 0 Å². The van der Waals surface area contributed by atoms with E-state index in [1.54, 1.807) is 11.9 Å². The monoisotopic (exact) mass is 156 g/mol. The van der Waals surface area contributed by atoms with Crippen molar-refractivity contribution in [3.63, 3.8) is 0 Å². The largest absolute Gasteiger partial charge is 0.439 e. The lowest BCUT2D eigenvalue weighted by atomic mass is 10.0. The van der Waals surface area contributed by atoms with Crippen LogP contribution in [0.2, 0.25) is 0 Å². The first-order valence-electron chi connectivity index (χ1n) is 3.87. The minimum atomic E-state index is -0.203. The van der Waals surface area contributed by atoms with Crippen molar-refractivity contribution in [2.75, 3.05) is 26.7 Å². The molecule has 0 aromatic rings. The van der Waals surface area contributed by atoms with E-state index < -0.39 is 0 Å². The SMILES string of the molecule is CN1CC2(CCNC2)OC1=O. The fraction of sp³-hybridized carbons (Fsp3) is 0.857. The number of carbonyl (C=O) groups is 1. The van der Waals surface area contributed by atoms with Crippen molar-refractivity contribution in [3.8, 4) is 0 Å². The molecule has 1 spiro atoms. The minimum absolute atomic E-state index is 0.186. The molecule has 2 aliphatic heterocycles. The van der Waals surface area contributed by atoms with Gasteiger partial charge in [0.15, 0.2) is 0 Å².